The van der Waals surface area contributed by atoms with E-state index in [2.05, 4.69) is 45.2 Å². The van der Waals surface area contributed by atoms with Gasteiger partial charge in [-0.3, -0.25) is 14.5 Å². The molecule has 0 N–H and O–H groups in total. The fraction of sp³-hybridized carbons (Fsp3) is 0.0667. The number of carbonyl (C=O) groups excluding carboxylic acids is 2. The van der Waals surface area contributed by atoms with Crippen LogP contribution in [0.3, 0.4) is 0 Å². The minimum absolute atomic E-state index is 0.200. The van der Waals surface area contributed by atoms with Crippen molar-refractivity contribution in [1.29, 1.82) is 0 Å². The molecular formula is C15H9I2NO2. The molecule has 1 heterocycles. The molecule has 0 saturated carbocycles. The van der Waals surface area contributed by atoms with Crippen LogP contribution in [0, 0.1) is 7.14 Å². The zero-order valence-corrected chi connectivity index (χ0v) is 14.6. The van der Waals surface area contributed by atoms with E-state index in [1.165, 1.54) is 4.90 Å². The maximum Gasteiger partial charge on any atom is 0.262 e. The molecule has 0 saturated heterocycles. The Morgan fingerprint density at radius 2 is 1.60 bits per heavy atom. The van der Waals surface area contributed by atoms with E-state index in [4.69, 9.17) is 0 Å². The Kier molecular flexibility index (Phi) is 3.80. The van der Waals surface area contributed by atoms with Gasteiger partial charge in [-0.15, -0.1) is 0 Å². The smallest absolute Gasteiger partial charge is 0.262 e. The van der Waals surface area contributed by atoms with Crippen LogP contribution >= 0.6 is 45.2 Å². The zero-order valence-electron chi connectivity index (χ0n) is 10.3. The molecule has 0 aromatic heterocycles. The van der Waals surface area contributed by atoms with Gasteiger partial charge in [-0.25, -0.2) is 0 Å². The molecular weight excluding hydrogens is 480 g/mol. The van der Waals surface area contributed by atoms with Crippen LogP contribution in [0.15, 0.2) is 42.5 Å². The van der Waals surface area contributed by atoms with Gasteiger partial charge >= 0.3 is 0 Å². The van der Waals surface area contributed by atoms with Crippen molar-refractivity contribution >= 4 is 57.0 Å². The number of hydrogen-bond donors (Lipinski definition) is 0. The van der Waals surface area contributed by atoms with Crippen molar-refractivity contribution in [2.24, 2.45) is 0 Å². The van der Waals surface area contributed by atoms with Crippen molar-refractivity contribution in [1.82, 2.24) is 4.90 Å². The van der Waals surface area contributed by atoms with Crippen LogP contribution in [0.4, 0.5) is 0 Å². The lowest BCUT2D eigenvalue weighted by molar-refractivity contribution is 0.0642. The lowest BCUT2D eigenvalue weighted by atomic mass is 10.1. The zero-order chi connectivity index (χ0) is 14.3. The molecule has 0 atom stereocenters. The average Bonchev–Trinajstić information content (AvgIpc) is 2.67. The number of halogens is 2. The van der Waals surface area contributed by atoms with E-state index in [1.807, 2.05) is 30.3 Å². The summed E-state index contributed by atoms with van der Waals surface area (Å²) in [5, 5.41) is 0. The van der Waals surface area contributed by atoms with E-state index in [-0.39, 0.29) is 11.8 Å². The Bertz CT molecular complexity index is 710. The molecule has 1 aliphatic heterocycles. The van der Waals surface area contributed by atoms with Crippen LogP contribution in [0.2, 0.25) is 0 Å². The normalized spacial score (nSPS) is 13.8. The van der Waals surface area contributed by atoms with E-state index >= 15 is 0 Å². The van der Waals surface area contributed by atoms with Gasteiger partial charge in [0.05, 0.1) is 17.7 Å². The van der Waals surface area contributed by atoms with Crippen LogP contribution in [-0.2, 0) is 6.54 Å². The Morgan fingerprint density at radius 3 is 2.25 bits per heavy atom. The second kappa shape index (κ2) is 5.44. The Balaban J connectivity index is 1.94. The third-order valence-electron chi connectivity index (χ3n) is 3.20. The first-order valence-corrected chi connectivity index (χ1v) is 8.13. The Morgan fingerprint density at radius 1 is 0.900 bits per heavy atom. The van der Waals surface area contributed by atoms with Crippen LogP contribution in [0.25, 0.3) is 0 Å². The number of hydrogen-bond acceptors (Lipinski definition) is 2. The topological polar surface area (TPSA) is 37.4 Å². The summed E-state index contributed by atoms with van der Waals surface area (Å²) >= 11 is 4.32. The van der Waals surface area contributed by atoms with Gasteiger partial charge in [0.25, 0.3) is 11.8 Å². The second-order valence-electron chi connectivity index (χ2n) is 4.49. The van der Waals surface area contributed by atoms with Crippen LogP contribution < -0.4 is 0 Å². The molecule has 5 heteroatoms. The molecule has 2 aromatic carbocycles. The first kappa shape index (κ1) is 14.0. The quantitative estimate of drug-likeness (QED) is 0.477. The molecule has 0 radical (unpaired) electrons. The van der Waals surface area contributed by atoms with Gasteiger partial charge in [-0.05, 0) is 75.0 Å². The Hall–Kier alpha value is -0.960. The first-order chi connectivity index (χ1) is 9.58. The summed E-state index contributed by atoms with van der Waals surface area (Å²) in [6.45, 7) is 0.319. The summed E-state index contributed by atoms with van der Waals surface area (Å²) in [5.74, 6) is -0.407. The van der Waals surface area contributed by atoms with E-state index in [1.54, 1.807) is 12.1 Å². The van der Waals surface area contributed by atoms with Gasteiger partial charge in [0.15, 0.2) is 0 Å². The molecule has 0 spiro atoms. The predicted molar refractivity (Wildman–Crippen MR) is 92.5 cm³/mol. The lowest BCUT2D eigenvalue weighted by Crippen LogP contribution is -2.29. The van der Waals surface area contributed by atoms with Crippen molar-refractivity contribution in [3.63, 3.8) is 0 Å². The van der Waals surface area contributed by atoms with Crippen molar-refractivity contribution in [2.45, 2.75) is 6.54 Å². The number of fused-ring (bicyclic) bond motifs is 1. The van der Waals surface area contributed by atoms with Gasteiger partial charge in [-0.2, -0.15) is 0 Å². The molecule has 100 valence electrons. The number of amides is 2. The summed E-state index contributed by atoms with van der Waals surface area (Å²) in [6, 6.07) is 13.2. The van der Waals surface area contributed by atoms with Crippen LogP contribution in [0.1, 0.15) is 26.3 Å². The van der Waals surface area contributed by atoms with E-state index < -0.39 is 0 Å². The first-order valence-electron chi connectivity index (χ1n) is 5.97. The molecule has 3 rings (SSSR count). The fourth-order valence-electron chi connectivity index (χ4n) is 2.21. The standard InChI is InChI=1S/C15H9I2NO2/c16-10-6-4-9(5-7-10)8-18-14(19)11-2-1-3-12(17)13(11)15(18)20/h1-7H,8H2. The number of nitrogens with zero attached hydrogens (tertiary/aromatic N) is 1. The maximum atomic E-state index is 12.4. The van der Waals surface area contributed by atoms with Gasteiger partial charge in [0, 0.05) is 7.14 Å². The van der Waals surface area contributed by atoms with E-state index in [0.29, 0.717) is 17.7 Å². The molecule has 2 amide bonds. The van der Waals surface area contributed by atoms with Gasteiger partial charge in [0.1, 0.15) is 0 Å². The van der Waals surface area contributed by atoms with Crippen LogP contribution in [-0.4, -0.2) is 16.7 Å². The minimum atomic E-state index is -0.206. The van der Waals surface area contributed by atoms with Gasteiger partial charge in [-0.1, -0.05) is 18.2 Å². The van der Waals surface area contributed by atoms with Crippen LogP contribution in [0.5, 0.6) is 0 Å². The van der Waals surface area contributed by atoms with Crippen molar-refractivity contribution in [2.75, 3.05) is 0 Å². The summed E-state index contributed by atoms with van der Waals surface area (Å²) in [7, 11) is 0. The predicted octanol–water partition coefficient (Wildman–Crippen LogP) is 3.69. The van der Waals surface area contributed by atoms with Crippen molar-refractivity contribution in [3.05, 3.63) is 66.3 Å². The third kappa shape index (κ3) is 2.37. The number of imide groups is 1. The largest absolute Gasteiger partial charge is 0.270 e. The highest BCUT2D eigenvalue weighted by Crippen LogP contribution is 2.28. The Labute approximate surface area is 143 Å². The highest BCUT2D eigenvalue weighted by molar-refractivity contribution is 14.1. The molecule has 2 aromatic rings. The summed E-state index contributed by atoms with van der Waals surface area (Å²) < 4.78 is 1.95. The molecule has 0 aliphatic carbocycles. The second-order valence-corrected chi connectivity index (χ2v) is 6.89. The van der Waals surface area contributed by atoms with E-state index in [9.17, 15) is 9.59 Å². The van der Waals surface area contributed by atoms with Crippen molar-refractivity contribution < 1.29 is 9.59 Å². The summed E-state index contributed by atoms with van der Waals surface area (Å²) in [6.07, 6.45) is 0. The summed E-state index contributed by atoms with van der Waals surface area (Å²) in [5.41, 5.74) is 1.99. The maximum absolute atomic E-state index is 12.4. The minimum Gasteiger partial charge on any atom is -0.270 e. The van der Waals surface area contributed by atoms with Gasteiger partial charge in [0.2, 0.25) is 0 Å². The fourth-order valence-corrected chi connectivity index (χ4v) is 3.30. The molecule has 20 heavy (non-hydrogen) atoms. The molecule has 3 nitrogen and oxygen atoms in total. The average molecular weight is 489 g/mol. The molecule has 0 bridgehead atoms. The van der Waals surface area contributed by atoms with Gasteiger partial charge < -0.3 is 0 Å². The SMILES string of the molecule is O=C1c2cccc(I)c2C(=O)N1Cc1ccc(I)cc1. The number of rotatable bonds is 2. The molecule has 1 aliphatic rings. The van der Waals surface area contributed by atoms with E-state index in [0.717, 1.165) is 12.7 Å². The number of carbonyl (C=O) groups is 2. The monoisotopic (exact) mass is 489 g/mol. The summed E-state index contributed by atoms with van der Waals surface area (Å²) in [4.78, 5) is 26.0. The third-order valence-corrected chi connectivity index (χ3v) is 4.82. The molecule has 0 unspecified atom stereocenters. The highest BCUT2D eigenvalue weighted by Gasteiger charge is 2.36. The van der Waals surface area contributed by atoms with Crippen molar-refractivity contribution in [3.8, 4) is 0 Å². The highest BCUT2D eigenvalue weighted by atomic mass is 127. The number of benzene rings is 2. The molecule has 0 fully saturated rings. The lowest BCUT2D eigenvalue weighted by Gasteiger charge is -2.13.